The van der Waals surface area contributed by atoms with Crippen LogP contribution in [0.2, 0.25) is 5.02 Å². The molecule has 1 aliphatic heterocycles. The van der Waals surface area contributed by atoms with Crippen LogP contribution in [0.1, 0.15) is 25.0 Å². The number of aryl methyl sites for hydroxylation is 1. The maximum absolute atomic E-state index is 13.0. The minimum Gasteiger partial charge on any atom is -0.493 e. The van der Waals surface area contributed by atoms with Gasteiger partial charge in [0.2, 0.25) is 0 Å². The van der Waals surface area contributed by atoms with Crippen LogP contribution in [0.4, 0.5) is 10.5 Å². The van der Waals surface area contributed by atoms with Gasteiger partial charge in [0.1, 0.15) is 5.57 Å². The Hall–Kier alpha value is -3.32. The normalized spacial score (nSPS) is 15.4. The summed E-state index contributed by atoms with van der Waals surface area (Å²) in [4.78, 5) is 38.6. The molecule has 0 spiro atoms. The summed E-state index contributed by atoms with van der Waals surface area (Å²) < 4.78 is 10.8. The number of anilines is 1. The molecule has 30 heavy (non-hydrogen) atoms. The van der Waals surface area contributed by atoms with E-state index in [1.807, 2.05) is 26.0 Å². The molecule has 0 saturated carbocycles. The standard InChI is InChI=1S/C22H21ClN2O5/c1-4-13-6-8-15(9-7-13)25-21(27)16(20(26)24-22(25)28)10-14-11-17(23)19(30-5-2)18(12-14)29-3/h6-12H,4-5H2,1-3H3,(H,24,26,28)/b16-10-. The summed E-state index contributed by atoms with van der Waals surface area (Å²) in [6.45, 7) is 4.21. The number of carbonyl (C=O) groups excluding carboxylic acids is 3. The van der Waals surface area contributed by atoms with Crippen LogP contribution in [-0.2, 0) is 16.0 Å². The van der Waals surface area contributed by atoms with E-state index in [4.69, 9.17) is 21.1 Å². The molecule has 8 heteroatoms. The maximum Gasteiger partial charge on any atom is 0.335 e. The van der Waals surface area contributed by atoms with Gasteiger partial charge in [-0.25, -0.2) is 9.69 Å². The fraction of sp³-hybridized carbons (Fsp3) is 0.227. The third-order valence-corrected chi connectivity index (χ3v) is 4.84. The van der Waals surface area contributed by atoms with Crippen molar-refractivity contribution in [3.8, 4) is 11.5 Å². The molecule has 7 nitrogen and oxygen atoms in total. The minimum absolute atomic E-state index is 0.198. The van der Waals surface area contributed by atoms with E-state index < -0.39 is 17.8 Å². The van der Waals surface area contributed by atoms with Crippen LogP contribution in [0, 0.1) is 0 Å². The molecule has 0 unspecified atom stereocenters. The van der Waals surface area contributed by atoms with Crippen LogP contribution in [-0.4, -0.2) is 31.6 Å². The van der Waals surface area contributed by atoms with Gasteiger partial charge >= 0.3 is 6.03 Å². The average Bonchev–Trinajstić information content (AvgIpc) is 2.73. The lowest BCUT2D eigenvalue weighted by molar-refractivity contribution is -0.122. The van der Waals surface area contributed by atoms with Crippen molar-refractivity contribution in [2.24, 2.45) is 0 Å². The van der Waals surface area contributed by atoms with E-state index in [1.54, 1.807) is 24.3 Å². The summed E-state index contributed by atoms with van der Waals surface area (Å²) in [5.41, 5.74) is 1.69. The predicted molar refractivity (Wildman–Crippen MR) is 114 cm³/mol. The fourth-order valence-corrected chi connectivity index (χ4v) is 3.32. The second kappa shape index (κ2) is 9.00. The molecular weight excluding hydrogens is 408 g/mol. The molecule has 0 atom stereocenters. The first kappa shape index (κ1) is 21.4. The molecule has 2 aromatic carbocycles. The summed E-state index contributed by atoms with van der Waals surface area (Å²) in [5.74, 6) is -0.772. The molecule has 0 aromatic heterocycles. The van der Waals surface area contributed by atoms with Crippen molar-refractivity contribution in [3.63, 3.8) is 0 Å². The number of imide groups is 2. The highest BCUT2D eigenvalue weighted by molar-refractivity contribution is 6.39. The van der Waals surface area contributed by atoms with Gasteiger partial charge in [0, 0.05) is 0 Å². The molecule has 2 aromatic rings. The SMILES string of the molecule is CCOc1c(Cl)cc(/C=C2/C(=O)NC(=O)N(c3ccc(CC)cc3)C2=O)cc1OC. The van der Waals surface area contributed by atoms with Crippen molar-refractivity contribution >= 4 is 41.2 Å². The van der Waals surface area contributed by atoms with E-state index in [0.717, 1.165) is 16.9 Å². The number of nitrogens with zero attached hydrogens (tertiary/aromatic N) is 1. The summed E-state index contributed by atoms with van der Waals surface area (Å²) in [6.07, 6.45) is 2.19. The maximum atomic E-state index is 13.0. The number of methoxy groups -OCH3 is 1. The molecule has 0 radical (unpaired) electrons. The Morgan fingerprint density at radius 2 is 1.80 bits per heavy atom. The third kappa shape index (κ3) is 4.16. The molecular formula is C22H21ClN2O5. The first-order chi connectivity index (χ1) is 14.4. The van der Waals surface area contributed by atoms with Crippen molar-refractivity contribution in [1.82, 2.24) is 5.32 Å². The van der Waals surface area contributed by atoms with Crippen molar-refractivity contribution in [2.75, 3.05) is 18.6 Å². The van der Waals surface area contributed by atoms with Crippen LogP contribution >= 0.6 is 11.6 Å². The molecule has 0 bridgehead atoms. The van der Waals surface area contributed by atoms with Crippen molar-refractivity contribution in [2.45, 2.75) is 20.3 Å². The lowest BCUT2D eigenvalue weighted by Gasteiger charge is -2.26. The largest absolute Gasteiger partial charge is 0.493 e. The number of hydrogen-bond donors (Lipinski definition) is 1. The number of amides is 4. The fourth-order valence-electron chi connectivity index (χ4n) is 3.05. The molecule has 3 rings (SSSR count). The van der Waals surface area contributed by atoms with Gasteiger partial charge in [-0.3, -0.25) is 14.9 Å². The van der Waals surface area contributed by atoms with Crippen molar-refractivity contribution in [1.29, 1.82) is 0 Å². The molecule has 0 aliphatic carbocycles. The zero-order chi connectivity index (χ0) is 21.8. The Bertz CT molecular complexity index is 1030. The number of benzene rings is 2. The quantitative estimate of drug-likeness (QED) is 0.555. The lowest BCUT2D eigenvalue weighted by Crippen LogP contribution is -2.54. The minimum atomic E-state index is -0.797. The predicted octanol–water partition coefficient (Wildman–Crippen LogP) is 3.98. The van der Waals surface area contributed by atoms with Gasteiger partial charge in [-0.1, -0.05) is 30.7 Å². The number of ether oxygens (including phenoxy) is 2. The van der Waals surface area contributed by atoms with Gasteiger partial charge in [-0.15, -0.1) is 0 Å². The number of urea groups is 1. The number of hydrogen-bond acceptors (Lipinski definition) is 5. The number of nitrogens with one attached hydrogen (secondary N) is 1. The molecule has 156 valence electrons. The molecule has 1 heterocycles. The monoisotopic (exact) mass is 428 g/mol. The van der Waals surface area contributed by atoms with E-state index in [1.165, 1.54) is 13.2 Å². The Labute approximate surface area is 179 Å². The van der Waals surface area contributed by atoms with E-state index in [0.29, 0.717) is 29.4 Å². The van der Waals surface area contributed by atoms with Crippen LogP contribution < -0.4 is 19.7 Å². The second-order valence-corrected chi connectivity index (χ2v) is 6.85. The average molecular weight is 429 g/mol. The molecule has 4 amide bonds. The highest BCUT2D eigenvalue weighted by atomic mass is 35.5. The van der Waals surface area contributed by atoms with Crippen LogP contribution in [0.25, 0.3) is 6.08 Å². The molecule has 1 N–H and O–H groups in total. The van der Waals surface area contributed by atoms with Gasteiger partial charge in [0.15, 0.2) is 11.5 Å². The van der Waals surface area contributed by atoms with E-state index >= 15 is 0 Å². The van der Waals surface area contributed by atoms with Gasteiger partial charge < -0.3 is 9.47 Å². The number of halogens is 1. The van der Waals surface area contributed by atoms with Crippen molar-refractivity contribution < 1.29 is 23.9 Å². The van der Waals surface area contributed by atoms with E-state index in [2.05, 4.69) is 5.32 Å². The Kier molecular flexibility index (Phi) is 6.42. The smallest absolute Gasteiger partial charge is 0.335 e. The van der Waals surface area contributed by atoms with Crippen LogP contribution in [0.5, 0.6) is 11.5 Å². The highest BCUT2D eigenvalue weighted by Gasteiger charge is 2.36. The zero-order valence-corrected chi connectivity index (χ0v) is 17.6. The number of carbonyl (C=O) groups is 3. The number of barbiturate groups is 1. The van der Waals surface area contributed by atoms with Crippen LogP contribution in [0.15, 0.2) is 42.0 Å². The summed E-state index contributed by atoms with van der Waals surface area (Å²) in [6, 6.07) is 9.34. The van der Waals surface area contributed by atoms with Gasteiger partial charge in [-0.05, 0) is 54.8 Å². The molecule has 1 saturated heterocycles. The topological polar surface area (TPSA) is 84.9 Å². The summed E-state index contributed by atoms with van der Waals surface area (Å²) in [7, 11) is 1.46. The zero-order valence-electron chi connectivity index (χ0n) is 16.8. The summed E-state index contributed by atoms with van der Waals surface area (Å²) in [5, 5.41) is 2.48. The van der Waals surface area contributed by atoms with Crippen LogP contribution in [0.3, 0.4) is 0 Å². The lowest BCUT2D eigenvalue weighted by atomic mass is 10.1. The first-order valence-corrected chi connectivity index (χ1v) is 9.78. The van der Waals surface area contributed by atoms with Gasteiger partial charge in [-0.2, -0.15) is 0 Å². The number of rotatable bonds is 6. The van der Waals surface area contributed by atoms with E-state index in [-0.39, 0.29) is 10.6 Å². The Balaban J connectivity index is 2.01. The highest BCUT2D eigenvalue weighted by Crippen LogP contribution is 2.37. The molecule has 1 aliphatic rings. The van der Waals surface area contributed by atoms with Gasteiger partial charge in [0.05, 0.1) is 24.4 Å². The Morgan fingerprint density at radius 3 is 2.40 bits per heavy atom. The first-order valence-electron chi connectivity index (χ1n) is 9.40. The van der Waals surface area contributed by atoms with Gasteiger partial charge in [0.25, 0.3) is 11.8 Å². The third-order valence-electron chi connectivity index (χ3n) is 4.56. The summed E-state index contributed by atoms with van der Waals surface area (Å²) >= 11 is 6.27. The molecule has 1 fully saturated rings. The Morgan fingerprint density at radius 1 is 1.10 bits per heavy atom. The van der Waals surface area contributed by atoms with E-state index in [9.17, 15) is 14.4 Å². The van der Waals surface area contributed by atoms with Crippen molar-refractivity contribution in [3.05, 3.63) is 58.1 Å². The second-order valence-electron chi connectivity index (χ2n) is 6.44.